The molecule has 4 heterocycles. The fraction of sp³-hybridized carbons (Fsp3) is 0.632. The molecule has 0 radical (unpaired) electrons. The third-order valence-electron chi connectivity index (χ3n) is 5.52. The number of aryl methyl sites for hydroxylation is 3. The van der Waals surface area contributed by atoms with Gasteiger partial charge in [0.1, 0.15) is 5.56 Å². The molecule has 2 aromatic heterocycles. The number of hydrogen-bond donors (Lipinski definition) is 1. The van der Waals surface area contributed by atoms with Gasteiger partial charge in [-0.2, -0.15) is 5.10 Å². The average Bonchev–Trinajstić information content (AvgIpc) is 3.19. The molecule has 1 N–H and O–H groups in total. The van der Waals surface area contributed by atoms with Crippen molar-refractivity contribution in [3.63, 3.8) is 0 Å². The molecule has 2 atom stereocenters. The molecule has 0 spiro atoms. The zero-order chi connectivity index (χ0) is 18.3. The summed E-state index contributed by atoms with van der Waals surface area (Å²) in [6.07, 6.45) is 3.76. The largest absolute Gasteiger partial charge is 0.378 e. The van der Waals surface area contributed by atoms with Gasteiger partial charge < -0.3 is 10.1 Å². The van der Waals surface area contributed by atoms with Crippen molar-refractivity contribution in [2.24, 2.45) is 0 Å². The smallest absolute Gasteiger partial charge is 0.257 e. The summed E-state index contributed by atoms with van der Waals surface area (Å²) in [5, 5.41) is 7.71. The molecule has 2 aliphatic rings. The van der Waals surface area contributed by atoms with Gasteiger partial charge in [0.2, 0.25) is 0 Å². The summed E-state index contributed by atoms with van der Waals surface area (Å²) >= 11 is 0. The molecule has 2 saturated heterocycles. The maximum absolute atomic E-state index is 13.1. The quantitative estimate of drug-likeness (QED) is 0.904. The van der Waals surface area contributed by atoms with E-state index in [0.717, 1.165) is 24.5 Å². The first-order valence-electron chi connectivity index (χ1n) is 9.51. The van der Waals surface area contributed by atoms with Gasteiger partial charge in [-0.3, -0.25) is 9.69 Å². The van der Waals surface area contributed by atoms with Crippen molar-refractivity contribution in [2.75, 3.05) is 26.3 Å². The van der Waals surface area contributed by atoms with E-state index in [-0.39, 0.29) is 18.0 Å². The molecule has 0 saturated carbocycles. The van der Waals surface area contributed by atoms with Crippen LogP contribution in [-0.2, 0) is 4.74 Å². The molecule has 0 bridgehead atoms. The maximum atomic E-state index is 13.1. The van der Waals surface area contributed by atoms with Crippen LogP contribution in [-0.4, -0.2) is 63.8 Å². The zero-order valence-electron chi connectivity index (χ0n) is 15.8. The summed E-state index contributed by atoms with van der Waals surface area (Å²) in [6.45, 7) is 9.23. The number of nitrogens with one attached hydrogen (secondary N) is 1. The number of carbonyl (C=O) groups is 1. The second-order valence-corrected chi connectivity index (χ2v) is 7.52. The summed E-state index contributed by atoms with van der Waals surface area (Å²) in [6, 6.07) is 2.25. The van der Waals surface area contributed by atoms with Crippen LogP contribution in [0.2, 0.25) is 0 Å². The second kappa shape index (κ2) is 6.96. The Bertz CT molecular complexity index is 825. The van der Waals surface area contributed by atoms with Gasteiger partial charge in [-0.1, -0.05) is 6.42 Å². The van der Waals surface area contributed by atoms with Crippen LogP contribution in [0.15, 0.2) is 6.07 Å². The number of nitrogens with zero attached hydrogens (tertiary/aromatic N) is 4. The SMILES string of the molecule is Cc1cc(C)n2nc(C)c(C(=O)N[C@H]3COC[C@@H]3N3CCCCC3)c2n1. The summed E-state index contributed by atoms with van der Waals surface area (Å²) in [4.78, 5) is 20.1. The van der Waals surface area contributed by atoms with E-state index in [0.29, 0.717) is 30.1 Å². The van der Waals surface area contributed by atoms with E-state index in [1.165, 1.54) is 19.3 Å². The first-order valence-corrected chi connectivity index (χ1v) is 9.51. The Morgan fingerprint density at radius 3 is 2.73 bits per heavy atom. The highest BCUT2D eigenvalue weighted by atomic mass is 16.5. The van der Waals surface area contributed by atoms with E-state index in [1.807, 2.05) is 26.8 Å². The summed E-state index contributed by atoms with van der Waals surface area (Å²) in [5.41, 5.74) is 3.77. The molecule has 2 fully saturated rings. The van der Waals surface area contributed by atoms with E-state index in [9.17, 15) is 4.79 Å². The minimum atomic E-state index is -0.104. The van der Waals surface area contributed by atoms with Crippen LogP contribution in [0, 0.1) is 20.8 Å². The van der Waals surface area contributed by atoms with Crippen LogP contribution in [0.3, 0.4) is 0 Å². The lowest BCUT2D eigenvalue weighted by molar-refractivity contribution is 0.0900. The van der Waals surface area contributed by atoms with Gasteiger partial charge in [0.15, 0.2) is 5.65 Å². The zero-order valence-corrected chi connectivity index (χ0v) is 15.8. The first-order chi connectivity index (χ1) is 12.5. The number of piperidine rings is 1. The number of likely N-dealkylation sites (tertiary alicyclic amines) is 1. The van der Waals surface area contributed by atoms with Crippen molar-refractivity contribution in [1.29, 1.82) is 0 Å². The second-order valence-electron chi connectivity index (χ2n) is 7.52. The van der Waals surface area contributed by atoms with Gasteiger partial charge in [0, 0.05) is 11.4 Å². The molecule has 2 aromatic rings. The maximum Gasteiger partial charge on any atom is 0.257 e. The van der Waals surface area contributed by atoms with Gasteiger partial charge in [0.25, 0.3) is 5.91 Å². The Balaban J connectivity index is 1.58. The van der Waals surface area contributed by atoms with Crippen LogP contribution in [0.4, 0.5) is 0 Å². The third-order valence-corrected chi connectivity index (χ3v) is 5.52. The Morgan fingerprint density at radius 2 is 1.96 bits per heavy atom. The van der Waals surface area contributed by atoms with E-state index in [2.05, 4.69) is 20.3 Å². The molecule has 0 aromatic carbocycles. The highest BCUT2D eigenvalue weighted by Crippen LogP contribution is 2.21. The summed E-state index contributed by atoms with van der Waals surface area (Å²) < 4.78 is 7.46. The van der Waals surface area contributed by atoms with E-state index >= 15 is 0 Å². The van der Waals surface area contributed by atoms with Gasteiger partial charge in [-0.05, 0) is 52.8 Å². The van der Waals surface area contributed by atoms with Crippen molar-refractivity contribution in [2.45, 2.75) is 52.1 Å². The number of carbonyl (C=O) groups excluding carboxylic acids is 1. The molecule has 4 rings (SSSR count). The highest BCUT2D eigenvalue weighted by molar-refractivity contribution is 6.01. The lowest BCUT2D eigenvalue weighted by atomic mass is 10.0. The standard InChI is InChI=1S/C19H27N5O2/c1-12-9-13(2)24-18(20-12)17(14(3)22-24)19(25)21-15-10-26-11-16(15)23-7-5-4-6-8-23/h9,15-16H,4-8,10-11H2,1-3H3,(H,21,25)/t15-,16-/m0/s1. The minimum absolute atomic E-state index is 0.0147. The van der Waals surface area contributed by atoms with Crippen LogP contribution in [0.25, 0.3) is 5.65 Å². The molecule has 140 valence electrons. The number of rotatable bonds is 3. The Hall–Kier alpha value is -1.99. The van der Waals surface area contributed by atoms with Gasteiger partial charge >= 0.3 is 0 Å². The fourth-order valence-corrected chi connectivity index (χ4v) is 4.22. The van der Waals surface area contributed by atoms with E-state index in [4.69, 9.17) is 4.74 Å². The summed E-state index contributed by atoms with van der Waals surface area (Å²) in [5.74, 6) is -0.104. The monoisotopic (exact) mass is 357 g/mol. The Kier molecular flexibility index (Phi) is 4.67. The van der Waals surface area contributed by atoms with Crippen LogP contribution < -0.4 is 5.32 Å². The van der Waals surface area contributed by atoms with E-state index < -0.39 is 0 Å². The molecular weight excluding hydrogens is 330 g/mol. The number of fused-ring (bicyclic) bond motifs is 1. The average molecular weight is 357 g/mol. The van der Waals surface area contributed by atoms with Crippen molar-refractivity contribution in [1.82, 2.24) is 24.8 Å². The molecule has 1 amide bonds. The molecular formula is C19H27N5O2. The van der Waals surface area contributed by atoms with Gasteiger partial charge in [-0.25, -0.2) is 9.50 Å². The van der Waals surface area contributed by atoms with Crippen molar-refractivity contribution >= 4 is 11.6 Å². The lowest BCUT2D eigenvalue weighted by Crippen LogP contribution is -2.52. The predicted octanol–water partition coefficient (Wildman–Crippen LogP) is 1.64. The molecule has 0 unspecified atom stereocenters. The van der Waals surface area contributed by atoms with Crippen molar-refractivity contribution in [3.05, 3.63) is 28.7 Å². The molecule has 7 heteroatoms. The first kappa shape index (κ1) is 17.4. The Morgan fingerprint density at radius 1 is 1.19 bits per heavy atom. The van der Waals surface area contributed by atoms with Crippen molar-refractivity contribution < 1.29 is 9.53 Å². The topological polar surface area (TPSA) is 71.8 Å². The number of amides is 1. The van der Waals surface area contributed by atoms with Gasteiger partial charge in [-0.15, -0.1) is 0 Å². The highest BCUT2D eigenvalue weighted by Gasteiger charge is 2.35. The normalized spacial score (nSPS) is 24.3. The van der Waals surface area contributed by atoms with Crippen molar-refractivity contribution in [3.8, 4) is 0 Å². The predicted molar refractivity (Wildman–Crippen MR) is 98.5 cm³/mol. The molecule has 7 nitrogen and oxygen atoms in total. The summed E-state index contributed by atoms with van der Waals surface area (Å²) in [7, 11) is 0. The third kappa shape index (κ3) is 3.10. The molecule has 2 aliphatic heterocycles. The van der Waals surface area contributed by atoms with Crippen LogP contribution in [0.1, 0.15) is 46.7 Å². The number of hydrogen-bond acceptors (Lipinski definition) is 5. The minimum Gasteiger partial charge on any atom is -0.378 e. The fourth-order valence-electron chi connectivity index (χ4n) is 4.22. The lowest BCUT2D eigenvalue weighted by Gasteiger charge is -2.34. The van der Waals surface area contributed by atoms with E-state index in [1.54, 1.807) is 4.52 Å². The van der Waals surface area contributed by atoms with Gasteiger partial charge in [0.05, 0.1) is 31.0 Å². The molecule has 26 heavy (non-hydrogen) atoms. The van der Waals surface area contributed by atoms with Crippen LogP contribution >= 0.6 is 0 Å². The number of ether oxygens (including phenoxy) is 1. The number of aromatic nitrogens is 3. The molecule has 0 aliphatic carbocycles. The Labute approximate surface area is 153 Å². The van der Waals surface area contributed by atoms with Crippen LogP contribution in [0.5, 0.6) is 0 Å².